The van der Waals surface area contributed by atoms with Crippen LogP contribution < -0.4 is 29.6 Å². The van der Waals surface area contributed by atoms with E-state index in [0.717, 1.165) is 7.11 Å². The Labute approximate surface area is 58.9 Å². The van der Waals surface area contributed by atoms with Crippen LogP contribution in [-0.4, -0.2) is 17.4 Å². The van der Waals surface area contributed by atoms with E-state index in [1.165, 1.54) is 5.34 Å². The minimum atomic E-state index is 0. The molecule has 2 N–H and O–H groups in total. The summed E-state index contributed by atoms with van der Waals surface area (Å²) in [4.78, 5) is 8.11. The summed E-state index contributed by atoms with van der Waals surface area (Å²) in [6.07, 6.45) is 0. The van der Waals surface area contributed by atoms with Gasteiger partial charge < -0.3 is 11.7 Å². The van der Waals surface area contributed by atoms with Gasteiger partial charge in [0.15, 0.2) is 5.34 Å². The smallest absolute Gasteiger partial charge is 1.00 e. The van der Waals surface area contributed by atoms with Gasteiger partial charge in [-0.25, -0.2) is 0 Å². The molecular weight excluding hydrogens is 97.0 g/mol. The maximum atomic E-state index is 8.11. The van der Waals surface area contributed by atoms with Crippen molar-refractivity contribution in [3.05, 3.63) is 4.91 Å². The molecule has 0 fully saturated rings. The molecule has 34 valence electrons. The van der Waals surface area contributed by atoms with Crippen molar-refractivity contribution in [3.63, 3.8) is 0 Å². The Hall–Kier alpha value is 0.360. The standard InChI is InChI=1S/CH4O.HNO2.Na.H/c1-2;2-1-3;;/h2H,1H3;(H,2,3);;/q;;+1;-1. The van der Waals surface area contributed by atoms with E-state index in [-0.39, 0.29) is 31.0 Å². The third-order valence-electron chi connectivity index (χ3n) is 0. The van der Waals surface area contributed by atoms with Crippen LogP contribution >= 0.6 is 0 Å². The molecule has 0 radical (unpaired) electrons. The van der Waals surface area contributed by atoms with E-state index in [2.05, 4.69) is 0 Å². The van der Waals surface area contributed by atoms with Crippen molar-refractivity contribution in [3.8, 4) is 0 Å². The number of aliphatic hydroxyl groups is 1. The van der Waals surface area contributed by atoms with Gasteiger partial charge in [-0.1, -0.05) is 0 Å². The summed E-state index contributed by atoms with van der Waals surface area (Å²) in [6, 6.07) is 0. The second-order valence-electron chi connectivity index (χ2n) is 0.0816. The van der Waals surface area contributed by atoms with E-state index in [9.17, 15) is 0 Å². The molecule has 6 heavy (non-hydrogen) atoms. The number of rotatable bonds is 0. The van der Waals surface area contributed by atoms with Crippen LogP contribution in [0.2, 0.25) is 0 Å². The Morgan fingerprint density at radius 1 is 1.67 bits per heavy atom. The van der Waals surface area contributed by atoms with Gasteiger partial charge in [0.05, 0.1) is 0 Å². The zero-order valence-corrected chi connectivity index (χ0v) is 5.75. The van der Waals surface area contributed by atoms with E-state index in [1.54, 1.807) is 0 Å². The molecule has 0 aliphatic carbocycles. The summed E-state index contributed by atoms with van der Waals surface area (Å²) >= 11 is 0. The van der Waals surface area contributed by atoms with Gasteiger partial charge in [-0.3, -0.25) is 0 Å². The molecule has 0 aromatic rings. The van der Waals surface area contributed by atoms with Crippen molar-refractivity contribution < 1.29 is 41.3 Å². The van der Waals surface area contributed by atoms with Crippen LogP contribution in [0, 0.1) is 4.91 Å². The maximum Gasteiger partial charge on any atom is 1.00 e. The topological polar surface area (TPSA) is 69.9 Å². The Balaban J connectivity index is -0.0000000105. The zero-order valence-electron chi connectivity index (χ0n) is 4.75. The first-order valence-electron chi connectivity index (χ1n) is 0.830. The molecule has 0 rings (SSSR count). The van der Waals surface area contributed by atoms with Crippen LogP contribution in [0.3, 0.4) is 0 Å². The molecule has 0 bridgehead atoms. The van der Waals surface area contributed by atoms with Crippen molar-refractivity contribution in [2.75, 3.05) is 7.11 Å². The number of aliphatic hydroxyl groups excluding tert-OH is 1. The Morgan fingerprint density at radius 2 is 1.67 bits per heavy atom. The van der Waals surface area contributed by atoms with Crippen molar-refractivity contribution in [2.24, 2.45) is 5.34 Å². The van der Waals surface area contributed by atoms with Crippen LogP contribution in [0.15, 0.2) is 5.34 Å². The second kappa shape index (κ2) is 55.1. The largest absolute Gasteiger partial charge is 1.00 e. The SMILES string of the molecule is CO.O=NO.[H-].[Na+]. The summed E-state index contributed by atoms with van der Waals surface area (Å²) < 4.78 is 0. The molecule has 0 spiro atoms. The van der Waals surface area contributed by atoms with Crippen LogP contribution in [0.25, 0.3) is 0 Å². The van der Waals surface area contributed by atoms with Crippen molar-refractivity contribution in [1.82, 2.24) is 0 Å². The maximum absolute atomic E-state index is 8.11. The molecule has 0 aliphatic heterocycles. The van der Waals surface area contributed by atoms with Gasteiger partial charge in [0.1, 0.15) is 0 Å². The van der Waals surface area contributed by atoms with Gasteiger partial charge >= 0.3 is 29.6 Å². The van der Waals surface area contributed by atoms with Crippen LogP contribution in [-0.2, 0) is 0 Å². The Bertz CT molecular complexity index is 22.4. The minimum Gasteiger partial charge on any atom is -1.00 e. The molecule has 0 aliphatic rings. The van der Waals surface area contributed by atoms with E-state index < -0.39 is 0 Å². The quantitative estimate of drug-likeness (QED) is 0.193. The summed E-state index contributed by atoms with van der Waals surface area (Å²) in [5.41, 5.74) is 0. The van der Waals surface area contributed by atoms with Gasteiger partial charge in [-0.15, -0.1) is 4.91 Å². The van der Waals surface area contributed by atoms with E-state index >= 15 is 0 Å². The molecule has 0 atom stereocenters. The fraction of sp³-hybridized carbons (Fsp3) is 1.00. The molecule has 0 aromatic carbocycles. The fourth-order valence-electron chi connectivity index (χ4n) is 0. The number of hydrogen-bond donors (Lipinski definition) is 2. The van der Waals surface area contributed by atoms with Gasteiger partial charge in [-0.05, 0) is 0 Å². The van der Waals surface area contributed by atoms with Crippen molar-refractivity contribution >= 4 is 0 Å². The number of hydrogen-bond acceptors (Lipinski definition) is 3. The molecule has 0 unspecified atom stereocenters. The first kappa shape index (κ1) is 16.2. The van der Waals surface area contributed by atoms with Gasteiger partial charge in [-0.2, -0.15) is 0 Å². The zero-order chi connectivity index (χ0) is 4.71. The predicted molar refractivity (Wildman–Crippen MR) is 16.8 cm³/mol. The first-order chi connectivity index (χ1) is 2.41. The van der Waals surface area contributed by atoms with Crippen LogP contribution in [0.5, 0.6) is 0 Å². The predicted octanol–water partition coefficient (Wildman–Crippen LogP) is -3.13. The summed E-state index contributed by atoms with van der Waals surface area (Å²) in [5.74, 6) is 0. The Kier molecular flexibility index (Phi) is 149. The molecule has 5 heteroatoms. The Morgan fingerprint density at radius 3 is 1.67 bits per heavy atom. The second-order valence-corrected chi connectivity index (χ2v) is 0.0816. The molecule has 0 amide bonds. The molecule has 0 saturated carbocycles. The molecule has 0 saturated heterocycles. The summed E-state index contributed by atoms with van der Waals surface area (Å²) in [5, 5.41) is 14.9. The van der Waals surface area contributed by atoms with Gasteiger partial charge in [0.2, 0.25) is 0 Å². The summed E-state index contributed by atoms with van der Waals surface area (Å²) in [7, 11) is 1.00. The van der Waals surface area contributed by atoms with Crippen LogP contribution in [0.1, 0.15) is 1.43 Å². The first-order valence-corrected chi connectivity index (χ1v) is 0.830. The molecule has 0 heterocycles. The molecule has 0 aromatic heterocycles. The summed E-state index contributed by atoms with van der Waals surface area (Å²) in [6.45, 7) is 0. The minimum absolute atomic E-state index is 0. The van der Waals surface area contributed by atoms with Gasteiger partial charge in [0, 0.05) is 7.11 Å². The average Bonchev–Trinajstić information content (AvgIpc) is 1.46. The van der Waals surface area contributed by atoms with E-state index in [0.29, 0.717) is 0 Å². The molecule has 4 nitrogen and oxygen atoms in total. The van der Waals surface area contributed by atoms with Crippen molar-refractivity contribution in [2.45, 2.75) is 0 Å². The van der Waals surface area contributed by atoms with Crippen molar-refractivity contribution in [1.29, 1.82) is 0 Å². The normalized spacial score (nSPS) is 3.00. The number of nitrogens with zero attached hydrogens (tertiary/aromatic N) is 1. The van der Waals surface area contributed by atoms with Crippen LogP contribution in [0.4, 0.5) is 0 Å². The van der Waals surface area contributed by atoms with E-state index in [4.69, 9.17) is 15.2 Å². The average molecular weight is 103 g/mol. The third-order valence-corrected chi connectivity index (χ3v) is 0. The fourth-order valence-corrected chi connectivity index (χ4v) is 0. The van der Waals surface area contributed by atoms with Gasteiger partial charge in [0.25, 0.3) is 0 Å². The van der Waals surface area contributed by atoms with E-state index in [1.807, 2.05) is 0 Å². The third kappa shape index (κ3) is 380. The monoisotopic (exact) mass is 103 g/mol. The molecular formula is CH6NNaO3.